The van der Waals surface area contributed by atoms with E-state index in [0.717, 1.165) is 29.9 Å². The molecule has 0 fully saturated rings. The number of anilines is 3. The molecular weight excluding hydrogens is 821 g/mol. The van der Waals surface area contributed by atoms with E-state index in [1.54, 1.807) is 0 Å². The maximum absolute atomic E-state index is 2.48. The van der Waals surface area contributed by atoms with Crippen molar-refractivity contribution in [3.63, 3.8) is 0 Å². The lowest BCUT2D eigenvalue weighted by Gasteiger charge is -2.34. The Morgan fingerprint density at radius 3 is 1.93 bits per heavy atom. The van der Waals surface area contributed by atoms with E-state index in [2.05, 4.69) is 261 Å². The van der Waals surface area contributed by atoms with Crippen molar-refractivity contribution >= 4 is 39.6 Å². The summed E-state index contributed by atoms with van der Waals surface area (Å²) in [5.74, 6) is 0.540. The minimum absolute atomic E-state index is 0.131. The molecule has 1 atom stereocenters. The molecule has 326 valence electrons. The molecule has 0 N–H and O–H groups in total. The van der Waals surface area contributed by atoms with E-state index in [9.17, 15) is 0 Å². The number of allylic oxidation sites excluding steroid dienone is 7. The predicted octanol–water partition coefficient (Wildman–Crippen LogP) is 16.9. The number of nitrogens with zero attached hydrogens (tertiary/aromatic N) is 2. The van der Waals surface area contributed by atoms with E-state index >= 15 is 0 Å². The van der Waals surface area contributed by atoms with Crippen LogP contribution in [0.4, 0.5) is 17.1 Å². The van der Waals surface area contributed by atoms with Crippen LogP contribution in [0, 0.1) is 5.92 Å². The fourth-order valence-corrected chi connectivity index (χ4v) is 12.3. The molecule has 4 aliphatic rings. The molecule has 2 nitrogen and oxygen atoms in total. The summed E-state index contributed by atoms with van der Waals surface area (Å²) < 4.78 is 2.44. The minimum Gasteiger partial charge on any atom is -0.310 e. The number of fused-ring (bicyclic) bond motifs is 8. The summed E-state index contributed by atoms with van der Waals surface area (Å²) in [5, 5.41) is 1.36. The first kappa shape index (κ1) is 40.3. The van der Waals surface area contributed by atoms with E-state index in [1.165, 1.54) is 94.6 Å². The maximum Gasteiger partial charge on any atom is 0.0713 e. The lowest BCUT2D eigenvalue weighted by atomic mass is 9.68. The molecule has 1 unspecified atom stereocenters. The average molecular weight is 873 g/mol. The van der Waals surface area contributed by atoms with Gasteiger partial charge in [0.15, 0.2) is 0 Å². The van der Waals surface area contributed by atoms with Crippen molar-refractivity contribution in [1.29, 1.82) is 0 Å². The van der Waals surface area contributed by atoms with Crippen LogP contribution >= 0.6 is 0 Å². The molecule has 13 rings (SSSR count). The number of aromatic nitrogens is 1. The monoisotopic (exact) mass is 872 g/mol. The van der Waals surface area contributed by atoms with Crippen molar-refractivity contribution in [2.45, 2.75) is 44.4 Å². The topological polar surface area (TPSA) is 8.17 Å². The molecule has 68 heavy (non-hydrogen) atoms. The first-order valence-corrected chi connectivity index (χ1v) is 24.3. The van der Waals surface area contributed by atoms with Gasteiger partial charge in [0.25, 0.3) is 0 Å². The predicted molar refractivity (Wildman–Crippen MR) is 285 cm³/mol. The second kappa shape index (κ2) is 15.6. The number of rotatable bonds is 7. The molecule has 2 heteroatoms. The van der Waals surface area contributed by atoms with E-state index in [-0.39, 0.29) is 5.41 Å². The molecule has 1 aromatic heterocycles. The van der Waals surface area contributed by atoms with Gasteiger partial charge >= 0.3 is 0 Å². The zero-order valence-corrected chi connectivity index (χ0v) is 38.8. The molecule has 1 heterocycles. The molecular formula is C66H52N2. The first-order valence-electron chi connectivity index (χ1n) is 24.3. The highest BCUT2D eigenvalue weighted by molar-refractivity contribution is 5.93. The average Bonchev–Trinajstić information content (AvgIpc) is 3.83. The molecule has 0 spiro atoms. The Labute approximate surface area is 400 Å². The molecule has 8 aromatic carbocycles. The third-order valence-electron chi connectivity index (χ3n) is 15.5. The summed E-state index contributed by atoms with van der Waals surface area (Å²) in [6, 6.07) is 72.8. The molecule has 4 aliphatic carbocycles. The largest absolute Gasteiger partial charge is 0.310 e. The van der Waals surface area contributed by atoms with Crippen molar-refractivity contribution in [3.05, 3.63) is 275 Å². The lowest BCUT2D eigenvalue weighted by Crippen LogP contribution is -2.28. The zero-order valence-electron chi connectivity index (χ0n) is 38.8. The zero-order chi connectivity index (χ0) is 45.6. The van der Waals surface area contributed by atoms with Gasteiger partial charge in [-0.15, -0.1) is 0 Å². The van der Waals surface area contributed by atoms with Crippen LogP contribution < -0.4 is 4.90 Å². The van der Waals surface area contributed by atoms with Crippen molar-refractivity contribution in [3.8, 4) is 27.9 Å². The quantitative estimate of drug-likeness (QED) is 0.155. The fraction of sp³-hybridized carbons (Fsp3) is 0.121. The SMILES string of the molecule is CC1C=Cc2c(c3ccccc3n2-c2ccc(-c3ccc(N(c4ccc5c(c4)-c4ccccc4C5(c4ccccc4)c4ccccc4)c4ccc5c(c4)C(C)(C)C4=C5CC=CC=C4)cc3)cc2)C1. The summed E-state index contributed by atoms with van der Waals surface area (Å²) in [5.41, 5.74) is 23.7. The highest BCUT2D eigenvalue weighted by Crippen LogP contribution is 2.58. The Bertz CT molecular complexity index is 3540. The molecule has 0 radical (unpaired) electrons. The second-order valence-corrected chi connectivity index (χ2v) is 19.7. The van der Waals surface area contributed by atoms with Crippen LogP contribution in [-0.2, 0) is 17.3 Å². The third kappa shape index (κ3) is 6.03. The molecule has 0 aliphatic heterocycles. The molecule has 9 aromatic rings. The van der Waals surface area contributed by atoms with Gasteiger partial charge in [0.05, 0.1) is 10.9 Å². The molecule has 0 saturated heterocycles. The lowest BCUT2D eigenvalue weighted by molar-refractivity contribution is 0.654. The fourth-order valence-electron chi connectivity index (χ4n) is 12.3. The summed E-state index contributed by atoms with van der Waals surface area (Å²) >= 11 is 0. The Hall–Kier alpha value is -7.94. The molecule has 0 amide bonds. The summed E-state index contributed by atoms with van der Waals surface area (Å²) in [6.45, 7) is 7.09. The first-order chi connectivity index (χ1) is 33.4. The van der Waals surface area contributed by atoms with Gasteiger partial charge in [-0.05, 0) is 152 Å². The Balaban J connectivity index is 0.938. The van der Waals surface area contributed by atoms with Crippen LogP contribution in [0.2, 0.25) is 0 Å². The van der Waals surface area contributed by atoms with Crippen LogP contribution in [0.5, 0.6) is 0 Å². The van der Waals surface area contributed by atoms with E-state index in [0.29, 0.717) is 5.92 Å². The van der Waals surface area contributed by atoms with E-state index in [4.69, 9.17) is 0 Å². The van der Waals surface area contributed by atoms with Gasteiger partial charge in [0, 0.05) is 39.2 Å². The van der Waals surface area contributed by atoms with Crippen molar-refractivity contribution in [1.82, 2.24) is 4.57 Å². The Morgan fingerprint density at radius 1 is 0.529 bits per heavy atom. The van der Waals surface area contributed by atoms with E-state index in [1.807, 2.05) is 0 Å². The molecule has 0 bridgehead atoms. The number of para-hydroxylation sites is 1. The van der Waals surface area contributed by atoms with Gasteiger partial charge < -0.3 is 9.47 Å². The standard InChI is InChI=1S/C66H52N2/c1-44-27-40-64-58(41-44)56-23-14-16-26-63(56)68(64)50-34-30-46(31-35-50)45-28-32-49(33-29-45)67(52-36-38-55-53-21-11-6-12-24-59(53)65(2,3)62(55)43-52)51-37-39-61-57(42-51)54-22-13-15-25-60(54)66(61,47-17-7-4-8-18-47)48-19-9-5-10-20-48/h4-20,22-40,42-44H,21,41H2,1-3H3. The van der Waals surface area contributed by atoms with Crippen molar-refractivity contribution in [2.75, 3.05) is 4.90 Å². The highest BCUT2D eigenvalue weighted by atomic mass is 15.1. The minimum atomic E-state index is -0.457. The van der Waals surface area contributed by atoms with Crippen molar-refractivity contribution in [2.24, 2.45) is 5.92 Å². The summed E-state index contributed by atoms with van der Waals surface area (Å²) in [7, 11) is 0. The maximum atomic E-state index is 2.48. The van der Waals surface area contributed by atoms with Gasteiger partial charge in [0.1, 0.15) is 0 Å². The normalized spacial score (nSPS) is 16.8. The van der Waals surface area contributed by atoms with Gasteiger partial charge in [0.2, 0.25) is 0 Å². The van der Waals surface area contributed by atoms with Crippen LogP contribution in [0.1, 0.15) is 71.8 Å². The van der Waals surface area contributed by atoms with Gasteiger partial charge in [-0.25, -0.2) is 0 Å². The van der Waals surface area contributed by atoms with E-state index < -0.39 is 5.41 Å². The highest BCUT2D eigenvalue weighted by Gasteiger charge is 2.46. The Kier molecular flexibility index (Phi) is 9.24. The van der Waals surface area contributed by atoms with Crippen LogP contribution in [0.3, 0.4) is 0 Å². The third-order valence-corrected chi connectivity index (χ3v) is 15.5. The van der Waals surface area contributed by atoms with Crippen LogP contribution in [-0.4, -0.2) is 4.57 Å². The smallest absolute Gasteiger partial charge is 0.0713 e. The van der Waals surface area contributed by atoms with Gasteiger partial charge in [-0.3, -0.25) is 0 Å². The van der Waals surface area contributed by atoms with Crippen molar-refractivity contribution < 1.29 is 0 Å². The number of benzene rings is 8. The second-order valence-electron chi connectivity index (χ2n) is 19.7. The van der Waals surface area contributed by atoms with Gasteiger partial charge in [-0.2, -0.15) is 0 Å². The van der Waals surface area contributed by atoms with Gasteiger partial charge in [-0.1, -0.05) is 191 Å². The summed E-state index contributed by atoms with van der Waals surface area (Å²) in [4.78, 5) is 2.48. The number of hydrogen-bond donors (Lipinski definition) is 0. The van der Waals surface area contributed by atoms with Crippen LogP contribution in [0.15, 0.2) is 230 Å². The number of hydrogen-bond acceptors (Lipinski definition) is 1. The molecule has 0 saturated carbocycles. The summed E-state index contributed by atoms with van der Waals surface area (Å²) in [6.07, 6.45) is 15.7. The Morgan fingerprint density at radius 2 is 1.16 bits per heavy atom. The van der Waals surface area contributed by atoms with Crippen LogP contribution in [0.25, 0.3) is 50.5 Å².